The minimum atomic E-state index is -0.607. The van der Waals surface area contributed by atoms with Crippen LogP contribution < -0.4 is 14.2 Å². The highest BCUT2D eigenvalue weighted by Crippen LogP contribution is 2.59. The van der Waals surface area contributed by atoms with Crippen LogP contribution in [0.1, 0.15) is 43.7 Å². The van der Waals surface area contributed by atoms with Gasteiger partial charge in [-0.15, -0.1) is 0 Å². The standard InChI is InChI=1S/C25H28O4/c1-5-6-12-19-17-25(19,23(26)14-13-18-10-8-7-9-11-18)20-15-21(27-2)24(29-4)22(16-20)28-3/h7-11,15-16,19H,5-6,12,17H2,1-4H3. The molecular weight excluding hydrogens is 364 g/mol. The van der Waals surface area contributed by atoms with Crippen LogP contribution in [0.3, 0.4) is 0 Å². The summed E-state index contributed by atoms with van der Waals surface area (Å²) in [6.45, 7) is 2.17. The monoisotopic (exact) mass is 392 g/mol. The molecule has 0 saturated heterocycles. The van der Waals surface area contributed by atoms with Crippen molar-refractivity contribution in [2.75, 3.05) is 21.3 Å². The summed E-state index contributed by atoms with van der Waals surface area (Å²) in [4.78, 5) is 13.3. The van der Waals surface area contributed by atoms with E-state index >= 15 is 0 Å². The highest BCUT2D eigenvalue weighted by Gasteiger charge is 2.60. The lowest BCUT2D eigenvalue weighted by molar-refractivity contribution is -0.116. The van der Waals surface area contributed by atoms with Gasteiger partial charge in [0.25, 0.3) is 0 Å². The minimum Gasteiger partial charge on any atom is -0.493 e. The van der Waals surface area contributed by atoms with Gasteiger partial charge in [0, 0.05) is 5.56 Å². The quantitative estimate of drug-likeness (QED) is 0.607. The van der Waals surface area contributed by atoms with Gasteiger partial charge in [-0.25, -0.2) is 0 Å². The highest BCUT2D eigenvalue weighted by molar-refractivity contribution is 6.07. The number of benzene rings is 2. The molecule has 3 rings (SSSR count). The average molecular weight is 392 g/mol. The van der Waals surface area contributed by atoms with E-state index < -0.39 is 5.41 Å². The van der Waals surface area contributed by atoms with Crippen molar-refractivity contribution < 1.29 is 19.0 Å². The molecule has 4 heteroatoms. The fourth-order valence-corrected chi connectivity index (χ4v) is 3.99. The number of ketones is 1. The Labute approximate surface area is 173 Å². The molecule has 0 aliphatic heterocycles. The Bertz CT molecular complexity index is 898. The number of ether oxygens (including phenoxy) is 3. The van der Waals surface area contributed by atoms with E-state index in [4.69, 9.17) is 14.2 Å². The molecule has 1 fully saturated rings. The molecule has 0 N–H and O–H groups in total. The zero-order chi connectivity index (χ0) is 20.9. The Kier molecular flexibility index (Phi) is 6.49. The Morgan fingerprint density at radius 1 is 1.07 bits per heavy atom. The maximum atomic E-state index is 13.3. The molecular formula is C25H28O4. The fraction of sp³-hybridized carbons (Fsp3) is 0.400. The topological polar surface area (TPSA) is 44.8 Å². The zero-order valence-corrected chi connectivity index (χ0v) is 17.6. The molecule has 0 bridgehead atoms. The molecule has 1 saturated carbocycles. The molecule has 2 unspecified atom stereocenters. The van der Waals surface area contributed by atoms with Crippen LogP contribution in [-0.4, -0.2) is 27.1 Å². The van der Waals surface area contributed by atoms with Gasteiger partial charge in [-0.05, 0) is 54.5 Å². The van der Waals surface area contributed by atoms with E-state index in [1.165, 1.54) is 0 Å². The molecule has 4 nitrogen and oxygen atoms in total. The zero-order valence-electron chi connectivity index (χ0n) is 17.6. The summed E-state index contributed by atoms with van der Waals surface area (Å²) in [7, 11) is 4.76. The molecule has 2 atom stereocenters. The lowest BCUT2D eigenvalue weighted by atomic mass is 9.87. The van der Waals surface area contributed by atoms with Crippen LogP contribution in [-0.2, 0) is 10.2 Å². The average Bonchev–Trinajstić information content (AvgIpc) is 3.51. The van der Waals surface area contributed by atoms with E-state index in [1.807, 2.05) is 42.5 Å². The van der Waals surface area contributed by atoms with Gasteiger partial charge in [0.15, 0.2) is 11.5 Å². The third-order valence-electron chi connectivity index (χ3n) is 5.69. The first-order chi connectivity index (χ1) is 14.1. The normalized spacial score (nSPS) is 19.7. The molecule has 0 radical (unpaired) electrons. The molecule has 0 heterocycles. The van der Waals surface area contributed by atoms with Gasteiger partial charge >= 0.3 is 0 Å². The van der Waals surface area contributed by atoms with Gasteiger partial charge in [0.2, 0.25) is 11.5 Å². The fourth-order valence-electron chi connectivity index (χ4n) is 3.99. The van der Waals surface area contributed by atoms with Gasteiger partial charge in [0.05, 0.1) is 26.7 Å². The second kappa shape index (κ2) is 9.05. The molecule has 0 amide bonds. The maximum Gasteiger partial charge on any atom is 0.216 e. The van der Waals surface area contributed by atoms with Crippen molar-refractivity contribution in [2.45, 2.75) is 38.0 Å². The van der Waals surface area contributed by atoms with Crippen LogP contribution in [0.15, 0.2) is 42.5 Å². The molecule has 29 heavy (non-hydrogen) atoms. The molecule has 0 spiro atoms. The molecule has 2 aromatic carbocycles. The Balaban J connectivity index is 2.02. The van der Waals surface area contributed by atoms with Gasteiger partial charge in [-0.3, -0.25) is 4.79 Å². The SMILES string of the molecule is CCCCC1CC1(C(=O)C#Cc1ccccc1)c1cc(OC)c(OC)c(OC)c1. The summed E-state index contributed by atoms with van der Waals surface area (Å²) >= 11 is 0. The lowest BCUT2D eigenvalue weighted by Crippen LogP contribution is -2.22. The number of unbranched alkanes of at least 4 members (excludes halogenated alkanes) is 1. The first kappa shape index (κ1) is 20.8. The number of hydrogen-bond acceptors (Lipinski definition) is 4. The van der Waals surface area contributed by atoms with Gasteiger partial charge < -0.3 is 14.2 Å². The van der Waals surface area contributed by atoms with E-state index in [0.717, 1.165) is 36.8 Å². The van der Waals surface area contributed by atoms with Gasteiger partial charge in [-0.2, -0.15) is 0 Å². The largest absolute Gasteiger partial charge is 0.493 e. The predicted octanol–water partition coefficient (Wildman–Crippen LogP) is 4.78. The second-order valence-corrected chi connectivity index (χ2v) is 7.37. The van der Waals surface area contributed by atoms with Gasteiger partial charge in [0.1, 0.15) is 0 Å². The van der Waals surface area contributed by atoms with Crippen molar-refractivity contribution in [3.8, 4) is 29.1 Å². The van der Waals surface area contributed by atoms with Crippen molar-refractivity contribution >= 4 is 5.78 Å². The molecule has 0 aromatic heterocycles. The summed E-state index contributed by atoms with van der Waals surface area (Å²) in [5.74, 6) is 7.83. The van der Waals surface area contributed by atoms with Gasteiger partial charge in [-0.1, -0.05) is 43.9 Å². The van der Waals surface area contributed by atoms with Crippen LogP contribution in [0.25, 0.3) is 0 Å². The van der Waals surface area contributed by atoms with Crippen LogP contribution in [0.4, 0.5) is 0 Å². The Morgan fingerprint density at radius 2 is 1.72 bits per heavy atom. The number of hydrogen-bond donors (Lipinski definition) is 0. The summed E-state index contributed by atoms with van der Waals surface area (Å²) < 4.78 is 16.5. The van der Waals surface area contributed by atoms with E-state index in [1.54, 1.807) is 21.3 Å². The van der Waals surface area contributed by atoms with E-state index in [2.05, 4.69) is 18.8 Å². The van der Waals surface area contributed by atoms with E-state index in [9.17, 15) is 4.79 Å². The summed E-state index contributed by atoms with van der Waals surface area (Å²) in [6.07, 6.45) is 4.00. The van der Waals surface area contributed by atoms with Crippen molar-refractivity contribution in [2.24, 2.45) is 5.92 Å². The third kappa shape index (κ3) is 4.10. The second-order valence-electron chi connectivity index (χ2n) is 7.37. The van der Waals surface area contributed by atoms with Crippen LogP contribution in [0, 0.1) is 17.8 Å². The molecule has 152 valence electrons. The third-order valence-corrected chi connectivity index (χ3v) is 5.69. The summed E-state index contributed by atoms with van der Waals surface area (Å²) in [5.41, 5.74) is 1.12. The number of carbonyl (C=O) groups excluding carboxylic acids is 1. The number of Topliss-reactive ketones (excluding diaryl/α,β-unsaturated/α-hetero) is 1. The first-order valence-electron chi connectivity index (χ1n) is 10.0. The predicted molar refractivity (Wildman–Crippen MR) is 114 cm³/mol. The highest BCUT2D eigenvalue weighted by atomic mass is 16.5. The Morgan fingerprint density at radius 3 is 2.28 bits per heavy atom. The van der Waals surface area contributed by atoms with Crippen LogP contribution >= 0.6 is 0 Å². The van der Waals surface area contributed by atoms with Crippen LogP contribution in [0.5, 0.6) is 17.2 Å². The van der Waals surface area contributed by atoms with Crippen LogP contribution in [0.2, 0.25) is 0 Å². The minimum absolute atomic E-state index is 0.0447. The summed E-state index contributed by atoms with van der Waals surface area (Å²) in [5, 5.41) is 0. The van der Waals surface area contributed by atoms with Crippen molar-refractivity contribution in [3.05, 3.63) is 53.6 Å². The molecule has 2 aromatic rings. The smallest absolute Gasteiger partial charge is 0.216 e. The van der Waals surface area contributed by atoms with E-state index in [0.29, 0.717) is 17.2 Å². The van der Waals surface area contributed by atoms with Crippen molar-refractivity contribution in [1.82, 2.24) is 0 Å². The molecule has 1 aliphatic carbocycles. The maximum absolute atomic E-state index is 13.3. The van der Waals surface area contributed by atoms with Crippen molar-refractivity contribution in [1.29, 1.82) is 0 Å². The lowest BCUT2D eigenvalue weighted by Gasteiger charge is -2.19. The Hall–Kier alpha value is -2.93. The number of methoxy groups -OCH3 is 3. The molecule has 1 aliphatic rings. The van der Waals surface area contributed by atoms with E-state index in [-0.39, 0.29) is 11.7 Å². The summed E-state index contributed by atoms with van der Waals surface area (Å²) in [6, 6.07) is 13.4. The number of rotatable bonds is 8. The number of carbonyl (C=O) groups is 1. The first-order valence-corrected chi connectivity index (χ1v) is 10.0. The van der Waals surface area contributed by atoms with Crippen molar-refractivity contribution in [3.63, 3.8) is 0 Å².